The molecule has 4 aliphatic heterocycles. The fraction of sp³-hybridized carbons (Fsp3) is 0.680. The van der Waals surface area contributed by atoms with Crippen molar-refractivity contribution in [2.75, 3.05) is 32.9 Å². The van der Waals surface area contributed by atoms with Crippen LogP contribution in [0, 0.1) is 30.4 Å². The van der Waals surface area contributed by atoms with Gasteiger partial charge in [-0.25, -0.2) is 18.3 Å². The van der Waals surface area contributed by atoms with E-state index in [1.165, 1.54) is 38.2 Å². The number of likely N-dealkylation sites (tertiary alicyclic amines) is 1. The van der Waals surface area contributed by atoms with E-state index >= 15 is 0 Å². The number of amides is 1. The standard InChI is InChI=1S/C50H68F2N4O18/c1-5-10-31(46(65)55-13-9-14-55)69-44-39(61)34(21-58)72-50(45(44)73-47(66)27-11-7-6-8-12-27)70-32-17-26(15-24(3)43(32)74-49-42(64)41(63)37(59)25(4)68-49)22-67-48-40(62)36(38(60)33(20-57)71-48)56-19-30(53-54-56)28-16-23(2)35(52)29(51)18-28/h6-8,11-12,16,18-19,24-26,31-34,36-45,48-50,57-64H,5,9-10,13-15,17,20-22H2,1-4H3/t24?,25?,26?,31-,32+,33?,34-,36?,37+,38+,39-,40?,41-,42?,43+,44?,45?,48-,49-,50+/m0/s1. The van der Waals surface area contributed by atoms with Gasteiger partial charge in [0.25, 0.3) is 5.91 Å². The minimum atomic E-state index is -1.72. The number of hydrogen-bond acceptors (Lipinski definition) is 20. The van der Waals surface area contributed by atoms with Crippen molar-refractivity contribution in [2.45, 2.75) is 170 Å². The Balaban J connectivity index is 1.08. The fourth-order valence-electron chi connectivity index (χ4n) is 10.3. The van der Waals surface area contributed by atoms with E-state index in [0.29, 0.717) is 25.9 Å². The number of nitrogens with zero attached hydrogens (tertiary/aromatic N) is 4. The van der Waals surface area contributed by atoms with Crippen LogP contribution in [0.1, 0.15) is 74.8 Å². The van der Waals surface area contributed by atoms with Gasteiger partial charge in [-0.05, 0) is 81.2 Å². The van der Waals surface area contributed by atoms with Gasteiger partial charge in [-0.1, -0.05) is 43.7 Å². The summed E-state index contributed by atoms with van der Waals surface area (Å²) >= 11 is 0. The number of aromatic nitrogens is 3. The van der Waals surface area contributed by atoms with Gasteiger partial charge in [-0.15, -0.1) is 5.10 Å². The smallest absolute Gasteiger partial charge is 0.338 e. The molecular weight excluding hydrogens is 983 g/mol. The highest BCUT2D eigenvalue weighted by Gasteiger charge is 2.54. The molecular formula is C50H68F2N4O18. The molecule has 3 aromatic rings. The third kappa shape index (κ3) is 12.0. The lowest BCUT2D eigenvalue weighted by Crippen LogP contribution is -2.64. The van der Waals surface area contributed by atoms with Crippen molar-refractivity contribution >= 4 is 11.9 Å². The number of aliphatic hydroxyl groups excluding tert-OH is 8. The summed E-state index contributed by atoms with van der Waals surface area (Å²) in [5, 5.41) is 96.2. The number of aliphatic hydroxyl groups is 8. The number of carbonyl (C=O) groups excluding carboxylic acids is 2. The summed E-state index contributed by atoms with van der Waals surface area (Å²) in [6, 6.07) is 8.94. The number of rotatable bonds is 18. The molecule has 5 aliphatic rings. The number of aryl methyl sites for hydroxylation is 1. The molecule has 1 aromatic heterocycles. The molecule has 410 valence electrons. The summed E-state index contributed by atoms with van der Waals surface area (Å²) in [4.78, 5) is 29.3. The first-order valence-corrected chi connectivity index (χ1v) is 25.2. The molecule has 8 N–H and O–H groups in total. The summed E-state index contributed by atoms with van der Waals surface area (Å²) in [6.07, 6.45) is -21.1. The van der Waals surface area contributed by atoms with Crippen LogP contribution in [0.3, 0.4) is 0 Å². The monoisotopic (exact) mass is 1050 g/mol. The van der Waals surface area contributed by atoms with Crippen molar-refractivity contribution in [1.82, 2.24) is 19.9 Å². The maximum atomic E-state index is 14.4. The minimum Gasteiger partial charge on any atom is -0.450 e. The lowest BCUT2D eigenvalue weighted by Gasteiger charge is -2.49. The predicted octanol–water partition coefficient (Wildman–Crippen LogP) is 0.262. The van der Waals surface area contributed by atoms with Crippen LogP contribution in [0.5, 0.6) is 0 Å². The summed E-state index contributed by atoms with van der Waals surface area (Å²) in [7, 11) is 0. The second-order valence-corrected chi connectivity index (χ2v) is 20.0. The number of carbonyl (C=O) groups is 2. The molecule has 0 spiro atoms. The first kappa shape index (κ1) is 56.0. The molecule has 9 unspecified atom stereocenters. The highest BCUT2D eigenvalue weighted by atomic mass is 19.2. The summed E-state index contributed by atoms with van der Waals surface area (Å²) in [5.41, 5.74) is 0.414. The quantitative estimate of drug-likeness (QED) is 0.0793. The van der Waals surface area contributed by atoms with Gasteiger partial charge in [0, 0.05) is 18.7 Å². The molecule has 5 heterocycles. The number of halogens is 2. The fourth-order valence-corrected chi connectivity index (χ4v) is 10.3. The Bertz CT molecular complexity index is 2310. The average Bonchev–Trinajstić information content (AvgIpc) is 3.85. The second kappa shape index (κ2) is 24.4. The van der Waals surface area contributed by atoms with E-state index in [0.717, 1.165) is 17.2 Å². The maximum absolute atomic E-state index is 14.4. The van der Waals surface area contributed by atoms with E-state index in [-0.39, 0.29) is 47.7 Å². The van der Waals surface area contributed by atoms with Crippen LogP contribution in [0.4, 0.5) is 8.78 Å². The third-order valence-corrected chi connectivity index (χ3v) is 14.6. The summed E-state index contributed by atoms with van der Waals surface area (Å²) in [6.45, 7) is 5.91. The van der Waals surface area contributed by atoms with E-state index < -0.39 is 153 Å². The Kier molecular flexibility index (Phi) is 18.5. The average molecular weight is 1050 g/mol. The molecule has 0 radical (unpaired) electrons. The Morgan fingerprint density at radius 1 is 0.811 bits per heavy atom. The summed E-state index contributed by atoms with van der Waals surface area (Å²) < 4.78 is 79.7. The van der Waals surface area contributed by atoms with Crippen LogP contribution in [0.15, 0.2) is 48.7 Å². The van der Waals surface area contributed by atoms with Gasteiger partial charge in [0.2, 0.25) is 0 Å². The molecule has 24 heteroatoms. The SMILES string of the molecule is CCC[C@H](OC1C(OC(=O)c2ccccc2)[C@H](O[C@@H]2CC(CO[C@H]3OC(CO)[C@@H](O)C(n4cc(-c5cc(C)c(F)c(F)c5)nn4)C3O)CC(C)[C@H]2O[C@@H]2OC(C)[C@@H](O)[C@H](O)C2O)O[C@@H](CO)[C@@H]1O)C(=O)N1CCC1. The molecule has 4 saturated heterocycles. The Hall–Kier alpha value is -4.22. The number of ether oxygens (including phenoxy) is 8. The zero-order valence-electron chi connectivity index (χ0n) is 41.4. The predicted molar refractivity (Wildman–Crippen MR) is 249 cm³/mol. The van der Waals surface area contributed by atoms with Crippen LogP contribution < -0.4 is 0 Å². The Morgan fingerprint density at radius 3 is 2.18 bits per heavy atom. The number of esters is 1. The van der Waals surface area contributed by atoms with Crippen molar-refractivity contribution in [1.29, 1.82) is 0 Å². The van der Waals surface area contributed by atoms with Crippen LogP contribution in [0.25, 0.3) is 11.3 Å². The summed E-state index contributed by atoms with van der Waals surface area (Å²) in [5.74, 6) is -4.34. The van der Waals surface area contributed by atoms with E-state index in [4.69, 9.17) is 37.9 Å². The molecule has 0 bridgehead atoms. The minimum absolute atomic E-state index is 0.0142. The van der Waals surface area contributed by atoms with Crippen LogP contribution >= 0.6 is 0 Å². The van der Waals surface area contributed by atoms with Crippen LogP contribution in [-0.4, -0.2) is 210 Å². The molecule has 1 aliphatic carbocycles. The van der Waals surface area contributed by atoms with Crippen LogP contribution in [-0.2, 0) is 42.7 Å². The van der Waals surface area contributed by atoms with Gasteiger partial charge in [-0.3, -0.25) is 4.79 Å². The molecule has 20 atom stereocenters. The number of hydrogen-bond donors (Lipinski definition) is 8. The van der Waals surface area contributed by atoms with Gasteiger partial charge in [0.1, 0.15) is 72.8 Å². The Labute approximate surface area is 425 Å². The van der Waals surface area contributed by atoms with Crippen molar-refractivity contribution in [3.63, 3.8) is 0 Å². The van der Waals surface area contributed by atoms with Gasteiger partial charge in [-0.2, -0.15) is 0 Å². The van der Waals surface area contributed by atoms with Crippen LogP contribution in [0.2, 0.25) is 0 Å². The van der Waals surface area contributed by atoms with E-state index in [2.05, 4.69) is 10.3 Å². The van der Waals surface area contributed by atoms with Gasteiger partial charge in [0.15, 0.2) is 36.6 Å². The first-order valence-electron chi connectivity index (χ1n) is 25.2. The Morgan fingerprint density at radius 2 is 1.51 bits per heavy atom. The lowest BCUT2D eigenvalue weighted by atomic mass is 9.78. The largest absolute Gasteiger partial charge is 0.450 e. The van der Waals surface area contributed by atoms with Crippen molar-refractivity contribution in [3.05, 3.63) is 71.4 Å². The normalized spacial score (nSPS) is 37.0. The highest BCUT2D eigenvalue weighted by Crippen LogP contribution is 2.40. The zero-order chi connectivity index (χ0) is 53.1. The van der Waals surface area contributed by atoms with Gasteiger partial charge in [0.05, 0.1) is 49.9 Å². The zero-order valence-corrected chi connectivity index (χ0v) is 41.4. The molecule has 2 aromatic carbocycles. The maximum Gasteiger partial charge on any atom is 0.338 e. The van der Waals surface area contributed by atoms with E-state index in [1.54, 1.807) is 30.0 Å². The van der Waals surface area contributed by atoms with E-state index in [9.17, 15) is 59.2 Å². The van der Waals surface area contributed by atoms with Crippen molar-refractivity contribution in [3.8, 4) is 11.3 Å². The first-order chi connectivity index (χ1) is 35.4. The topological polar surface area (TPSA) is 304 Å². The van der Waals surface area contributed by atoms with Crippen molar-refractivity contribution < 1.29 is 97.1 Å². The molecule has 5 fully saturated rings. The molecule has 1 saturated carbocycles. The third-order valence-electron chi connectivity index (χ3n) is 14.6. The number of benzene rings is 2. The van der Waals surface area contributed by atoms with E-state index in [1.807, 2.05) is 6.92 Å². The van der Waals surface area contributed by atoms with Gasteiger partial charge >= 0.3 is 5.97 Å². The van der Waals surface area contributed by atoms with Gasteiger partial charge < -0.3 is 83.6 Å². The molecule has 1 amide bonds. The molecule has 22 nitrogen and oxygen atoms in total. The molecule has 8 rings (SSSR count). The highest BCUT2D eigenvalue weighted by molar-refractivity contribution is 5.89. The van der Waals surface area contributed by atoms with Crippen molar-refractivity contribution in [2.24, 2.45) is 11.8 Å². The molecule has 74 heavy (non-hydrogen) atoms. The lowest BCUT2D eigenvalue weighted by molar-refractivity contribution is -0.350. The second-order valence-electron chi connectivity index (χ2n) is 20.0.